The van der Waals surface area contributed by atoms with E-state index in [1.54, 1.807) is 11.0 Å². The van der Waals surface area contributed by atoms with Crippen molar-refractivity contribution in [2.45, 2.75) is 57.7 Å². The van der Waals surface area contributed by atoms with E-state index in [2.05, 4.69) is 5.32 Å². The molecule has 1 saturated heterocycles. The van der Waals surface area contributed by atoms with E-state index in [-0.39, 0.29) is 29.7 Å². The fraction of sp³-hybridized carbons (Fsp3) is 0.600. The standard InChI is InChI=1S/C20H27N3O5/c1-14(2)12-21-18(24)17-13-28-20(9-4-3-5-10-20)22(17)19(25)15-7-6-8-16(11-15)23(26)27/h6-8,11,14,17H,3-5,9-10,12-13H2,1-2H3,(H,21,24)/t17-/m1/s1. The Kier molecular flexibility index (Phi) is 5.98. The third-order valence-electron chi connectivity index (χ3n) is 5.41. The van der Waals surface area contributed by atoms with Gasteiger partial charge in [0.25, 0.3) is 11.6 Å². The number of ether oxygens (including phenoxy) is 1. The summed E-state index contributed by atoms with van der Waals surface area (Å²) >= 11 is 0. The zero-order valence-corrected chi connectivity index (χ0v) is 16.3. The maximum absolute atomic E-state index is 13.4. The Balaban J connectivity index is 1.92. The van der Waals surface area contributed by atoms with Gasteiger partial charge in [-0.1, -0.05) is 26.3 Å². The fourth-order valence-electron chi connectivity index (χ4n) is 3.99. The lowest BCUT2D eigenvalue weighted by Crippen LogP contribution is -2.56. The Morgan fingerprint density at radius 2 is 2.04 bits per heavy atom. The van der Waals surface area contributed by atoms with E-state index in [0.29, 0.717) is 19.4 Å². The smallest absolute Gasteiger partial charge is 0.270 e. The fourth-order valence-corrected chi connectivity index (χ4v) is 3.99. The number of carbonyl (C=O) groups is 2. The second kappa shape index (κ2) is 8.26. The molecule has 3 rings (SSSR count). The Morgan fingerprint density at radius 3 is 2.68 bits per heavy atom. The molecule has 1 aliphatic carbocycles. The number of benzene rings is 1. The number of hydrogen-bond acceptors (Lipinski definition) is 5. The molecule has 0 unspecified atom stereocenters. The summed E-state index contributed by atoms with van der Waals surface area (Å²) in [5, 5.41) is 14.0. The Morgan fingerprint density at radius 1 is 1.32 bits per heavy atom. The molecule has 2 amide bonds. The monoisotopic (exact) mass is 389 g/mol. The quantitative estimate of drug-likeness (QED) is 0.616. The summed E-state index contributed by atoms with van der Waals surface area (Å²) in [5.74, 6) is -0.349. The SMILES string of the molecule is CC(C)CNC(=O)[C@H]1COC2(CCCCC2)N1C(=O)c1cccc([N+](=O)[O-])c1. The molecule has 0 radical (unpaired) electrons. The highest BCUT2D eigenvalue weighted by atomic mass is 16.6. The molecule has 1 atom stereocenters. The van der Waals surface area contributed by atoms with E-state index in [1.165, 1.54) is 18.2 Å². The van der Waals surface area contributed by atoms with Crippen LogP contribution in [0, 0.1) is 16.0 Å². The molecule has 1 spiro atoms. The number of amides is 2. The molecule has 8 heteroatoms. The van der Waals surface area contributed by atoms with Crippen LogP contribution in [0.4, 0.5) is 5.69 Å². The zero-order chi connectivity index (χ0) is 20.3. The molecule has 2 fully saturated rings. The third kappa shape index (κ3) is 4.01. The highest BCUT2D eigenvalue weighted by molar-refractivity contribution is 5.99. The predicted octanol–water partition coefficient (Wildman–Crippen LogP) is 2.87. The molecule has 1 heterocycles. The molecular formula is C20H27N3O5. The molecule has 1 aromatic rings. The van der Waals surface area contributed by atoms with Gasteiger partial charge < -0.3 is 10.1 Å². The van der Waals surface area contributed by atoms with E-state index < -0.39 is 22.6 Å². The summed E-state index contributed by atoms with van der Waals surface area (Å²) in [6.07, 6.45) is 4.23. The summed E-state index contributed by atoms with van der Waals surface area (Å²) in [4.78, 5) is 38.3. The number of nitro benzene ring substituents is 1. The van der Waals surface area contributed by atoms with Crippen LogP contribution in [0.3, 0.4) is 0 Å². The van der Waals surface area contributed by atoms with E-state index in [0.717, 1.165) is 19.3 Å². The first-order valence-electron chi connectivity index (χ1n) is 9.84. The molecule has 1 aromatic carbocycles. The summed E-state index contributed by atoms with van der Waals surface area (Å²) in [7, 11) is 0. The number of hydrogen-bond donors (Lipinski definition) is 1. The predicted molar refractivity (Wildman–Crippen MR) is 103 cm³/mol. The van der Waals surface area contributed by atoms with Crippen molar-refractivity contribution in [3.63, 3.8) is 0 Å². The van der Waals surface area contributed by atoms with Gasteiger partial charge in [-0.25, -0.2) is 0 Å². The van der Waals surface area contributed by atoms with Gasteiger partial charge in [0, 0.05) is 24.2 Å². The van der Waals surface area contributed by atoms with Crippen molar-refractivity contribution in [2.24, 2.45) is 5.92 Å². The maximum atomic E-state index is 13.4. The molecule has 8 nitrogen and oxygen atoms in total. The molecule has 1 saturated carbocycles. The van der Waals surface area contributed by atoms with Gasteiger partial charge in [0.15, 0.2) is 0 Å². The van der Waals surface area contributed by atoms with Crippen molar-refractivity contribution in [2.75, 3.05) is 13.2 Å². The van der Waals surface area contributed by atoms with Crippen LogP contribution in [-0.2, 0) is 9.53 Å². The molecule has 0 aromatic heterocycles. The van der Waals surface area contributed by atoms with Crippen LogP contribution in [0.15, 0.2) is 24.3 Å². The van der Waals surface area contributed by atoms with Gasteiger partial charge in [0.2, 0.25) is 5.91 Å². The maximum Gasteiger partial charge on any atom is 0.270 e. The number of carbonyl (C=O) groups excluding carboxylic acids is 2. The summed E-state index contributed by atoms with van der Waals surface area (Å²) in [5.41, 5.74) is -0.754. The van der Waals surface area contributed by atoms with E-state index in [1.807, 2.05) is 13.8 Å². The van der Waals surface area contributed by atoms with Gasteiger partial charge in [0.05, 0.1) is 11.5 Å². The van der Waals surface area contributed by atoms with Crippen LogP contribution in [0.5, 0.6) is 0 Å². The van der Waals surface area contributed by atoms with Crippen LogP contribution in [-0.4, -0.2) is 46.6 Å². The highest BCUT2D eigenvalue weighted by Crippen LogP contribution is 2.41. The van der Waals surface area contributed by atoms with E-state index in [9.17, 15) is 19.7 Å². The first kappa shape index (κ1) is 20.3. The normalized spacial score (nSPS) is 21.1. The van der Waals surface area contributed by atoms with E-state index >= 15 is 0 Å². The number of rotatable bonds is 5. The number of non-ortho nitro benzene ring substituents is 1. The molecule has 1 N–H and O–H groups in total. The summed E-state index contributed by atoms with van der Waals surface area (Å²) in [6.45, 7) is 4.66. The first-order chi connectivity index (χ1) is 13.3. The molecular weight excluding hydrogens is 362 g/mol. The van der Waals surface area contributed by atoms with Crippen molar-refractivity contribution >= 4 is 17.5 Å². The van der Waals surface area contributed by atoms with Gasteiger partial charge in [-0.15, -0.1) is 0 Å². The van der Waals surface area contributed by atoms with Crippen molar-refractivity contribution in [1.82, 2.24) is 10.2 Å². The van der Waals surface area contributed by atoms with Gasteiger partial charge in [-0.2, -0.15) is 0 Å². The number of nitrogens with one attached hydrogen (secondary N) is 1. The molecule has 0 bridgehead atoms. The van der Waals surface area contributed by atoms with Gasteiger partial charge in [-0.05, 0) is 37.7 Å². The van der Waals surface area contributed by atoms with Crippen LogP contribution in [0.25, 0.3) is 0 Å². The highest BCUT2D eigenvalue weighted by Gasteiger charge is 2.53. The van der Waals surface area contributed by atoms with Crippen molar-refractivity contribution in [3.8, 4) is 0 Å². The van der Waals surface area contributed by atoms with Gasteiger partial charge in [0.1, 0.15) is 11.8 Å². The zero-order valence-electron chi connectivity index (χ0n) is 16.3. The lowest BCUT2D eigenvalue weighted by molar-refractivity contribution is -0.384. The Hall–Kier alpha value is -2.48. The van der Waals surface area contributed by atoms with Crippen molar-refractivity contribution in [3.05, 3.63) is 39.9 Å². The van der Waals surface area contributed by atoms with Crippen LogP contribution < -0.4 is 5.32 Å². The van der Waals surface area contributed by atoms with Crippen molar-refractivity contribution in [1.29, 1.82) is 0 Å². The molecule has 28 heavy (non-hydrogen) atoms. The third-order valence-corrected chi connectivity index (χ3v) is 5.41. The van der Waals surface area contributed by atoms with E-state index in [4.69, 9.17) is 4.74 Å². The minimum absolute atomic E-state index is 0.143. The minimum atomic E-state index is -0.806. The largest absolute Gasteiger partial charge is 0.354 e. The van der Waals surface area contributed by atoms with Crippen molar-refractivity contribution < 1.29 is 19.2 Å². The molecule has 2 aliphatic rings. The number of nitro groups is 1. The summed E-state index contributed by atoms with van der Waals surface area (Å²) < 4.78 is 6.07. The number of nitrogens with zero attached hydrogens (tertiary/aromatic N) is 2. The van der Waals surface area contributed by atoms with Crippen LogP contribution in [0.2, 0.25) is 0 Å². The average molecular weight is 389 g/mol. The van der Waals surface area contributed by atoms with Crippen LogP contribution >= 0.6 is 0 Å². The van der Waals surface area contributed by atoms with Gasteiger partial charge in [-0.3, -0.25) is 24.6 Å². The second-order valence-electron chi connectivity index (χ2n) is 7.96. The second-order valence-corrected chi connectivity index (χ2v) is 7.96. The first-order valence-corrected chi connectivity index (χ1v) is 9.84. The average Bonchev–Trinajstić information content (AvgIpc) is 3.04. The van der Waals surface area contributed by atoms with Crippen LogP contribution in [0.1, 0.15) is 56.3 Å². The topological polar surface area (TPSA) is 102 Å². The lowest BCUT2D eigenvalue weighted by atomic mass is 9.89. The minimum Gasteiger partial charge on any atom is -0.354 e. The Labute approximate surface area is 164 Å². The molecule has 152 valence electrons. The Bertz CT molecular complexity index is 758. The summed E-state index contributed by atoms with van der Waals surface area (Å²) in [6, 6.07) is 4.92. The van der Waals surface area contributed by atoms with Gasteiger partial charge >= 0.3 is 0 Å². The lowest BCUT2D eigenvalue weighted by Gasteiger charge is -2.41. The molecule has 1 aliphatic heterocycles.